The third-order valence-corrected chi connectivity index (χ3v) is 17.6. The van der Waals surface area contributed by atoms with Crippen LogP contribution in [0, 0.1) is 0 Å². The van der Waals surface area contributed by atoms with Crippen molar-refractivity contribution >= 4 is 52.4 Å². The van der Waals surface area contributed by atoms with Crippen molar-refractivity contribution in [2.75, 3.05) is 0 Å². The molecule has 0 atom stereocenters. The van der Waals surface area contributed by atoms with E-state index < -0.39 is 13.3 Å². The Labute approximate surface area is 196 Å². The summed E-state index contributed by atoms with van der Waals surface area (Å²) in [6, 6.07) is 49.9. The van der Waals surface area contributed by atoms with Gasteiger partial charge in [0.05, 0.1) is 0 Å². The second-order valence-electron chi connectivity index (χ2n) is 8.87. The Morgan fingerprint density at radius 1 is 0.364 bits per heavy atom. The Morgan fingerprint density at radius 2 is 0.818 bits per heavy atom. The molecule has 0 amide bonds. The average Bonchev–Trinajstić information content (AvgIpc) is 3.22. The first-order valence-corrected chi connectivity index (χ1v) is 15.7. The van der Waals surface area contributed by atoms with E-state index in [-0.39, 0.29) is 0 Å². The Balaban J connectivity index is 1.81. The zero-order chi connectivity index (χ0) is 21.8. The van der Waals surface area contributed by atoms with Crippen molar-refractivity contribution in [2.45, 2.75) is 0 Å². The van der Waals surface area contributed by atoms with Gasteiger partial charge in [0.25, 0.3) is 0 Å². The van der Waals surface area contributed by atoms with Gasteiger partial charge in [-0.05, 0) is 0 Å². The molecule has 0 aliphatic carbocycles. The van der Waals surface area contributed by atoms with E-state index in [2.05, 4.69) is 133 Å². The van der Waals surface area contributed by atoms with Crippen LogP contribution in [-0.4, -0.2) is 13.3 Å². The molecule has 0 nitrogen and oxygen atoms in total. The molecular formula is C32H22Ge. The van der Waals surface area contributed by atoms with Gasteiger partial charge in [0, 0.05) is 0 Å². The van der Waals surface area contributed by atoms with Crippen molar-refractivity contribution in [1.82, 2.24) is 0 Å². The van der Waals surface area contributed by atoms with Crippen LogP contribution in [0.2, 0.25) is 0 Å². The predicted octanol–water partition coefficient (Wildman–Crippen LogP) is 5.35. The number of benzene rings is 6. The van der Waals surface area contributed by atoms with Crippen molar-refractivity contribution in [3.8, 4) is 11.1 Å². The SMILES string of the molecule is c1cc[c]([Ge]2([c]3ccccc3)[c]3ccccc3-c3[c]2c2ccccc2c2ccccc32)cc1. The summed E-state index contributed by atoms with van der Waals surface area (Å²) in [5.41, 5.74) is 2.87. The van der Waals surface area contributed by atoms with E-state index in [0.717, 1.165) is 0 Å². The third-order valence-electron chi connectivity index (χ3n) is 7.32. The molecule has 1 heteroatoms. The Hall–Kier alpha value is -3.62. The number of hydrogen-bond acceptors (Lipinski definition) is 0. The summed E-state index contributed by atoms with van der Waals surface area (Å²) in [6.07, 6.45) is 0. The fraction of sp³-hybridized carbons (Fsp3) is 0. The van der Waals surface area contributed by atoms with Crippen molar-refractivity contribution in [3.63, 3.8) is 0 Å². The summed E-state index contributed by atoms with van der Waals surface area (Å²) < 4.78 is 6.12. The molecule has 6 aromatic carbocycles. The molecule has 0 bridgehead atoms. The van der Waals surface area contributed by atoms with Crippen LogP contribution < -0.4 is 17.6 Å². The van der Waals surface area contributed by atoms with Crippen molar-refractivity contribution in [3.05, 3.63) is 133 Å². The topological polar surface area (TPSA) is 0 Å². The molecule has 0 aromatic heterocycles. The Morgan fingerprint density at radius 3 is 1.45 bits per heavy atom. The zero-order valence-corrected chi connectivity index (χ0v) is 20.3. The summed E-state index contributed by atoms with van der Waals surface area (Å²) in [4.78, 5) is 0. The van der Waals surface area contributed by atoms with Crippen molar-refractivity contribution in [1.29, 1.82) is 0 Å². The summed E-state index contributed by atoms with van der Waals surface area (Å²) in [5.74, 6) is 0. The Kier molecular flexibility index (Phi) is 4.12. The first-order valence-electron chi connectivity index (χ1n) is 11.6. The van der Waals surface area contributed by atoms with Crippen molar-refractivity contribution in [2.24, 2.45) is 0 Å². The van der Waals surface area contributed by atoms with E-state index in [1.54, 1.807) is 8.79 Å². The molecular weight excluding hydrogens is 457 g/mol. The van der Waals surface area contributed by atoms with Gasteiger partial charge in [0.2, 0.25) is 0 Å². The summed E-state index contributed by atoms with van der Waals surface area (Å²) in [6.45, 7) is 0. The second kappa shape index (κ2) is 7.20. The normalized spacial score (nSPS) is 13.7. The van der Waals surface area contributed by atoms with E-state index in [4.69, 9.17) is 0 Å². The molecule has 154 valence electrons. The molecule has 1 heterocycles. The van der Waals surface area contributed by atoms with Gasteiger partial charge in [-0.2, -0.15) is 0 Å². The number of hydrogen-bond donors (Lipinski definition) is 0. The maximum atomic E-state index is 2.42. The van der Waals surface area contributed by atoms with E-state index in [1.165, 1.54) is 41.5 Å². The van der Waals surface area contributed by atoms with Gasteiger partial charge in [-0.25, -0.2) is 0 Å². The summed E-state index contributed by atoms with van der Waals surface area (Å²) >= 11 is -3.25. The summed E-state index contributed by atoms with van der Waals surface area (Å²) in [5, 5.41) is 5.50. The van der Waals surface area contributed by atoms with Crippen LogP contribution in [0.3, 0.4) is 0 Å². The molecule has 0 radical (unpaired) electrons. The molecule has 6 aromatic rings. The quantitative estimate of drug-likeness (QED) is 0.232. The average molecular weight is 479 g/mol. The molecule has 1 aliphatic heterocycles. The molecule has 0 spiro atoms. The van der Waals surface area contributed by atoms with Gasteiger partial charge in [0.1, 0.15) is 0 Å². The molecule has 33 heavy (non-hydrogen) atoms. The summed E-state index contributed by atoms with van der Waals surface area (Å²) in [7, 11) is 0. The standard InChI is InChI=1S/C32H22Ge/c1-3-13-23(14-4-1)33(24-15-5-2-6-16-24)30-22-12-11-21-29(30)31-27-19-9-7-17-25(27)26-18-8-10-20-28(26)32(31)33/h1-22H. The third kappa shape index (κ3) is 2.47. The maximum absolute atomic E-state index is 3.25. The van der Waals surface area contributed by atoms with E-state index in [9.17, 15) is 0 Å². The first-order chi connectivity index (χ1) is 16.4. The van der Waals surface area contributed by atoms with Gasteiger partial charge in [0.15, 0.2) is 0 Å². The van der Waals surface area contributed by atoms with E-state index in [1.807, 2.05) is 0 Å². The van der Waals surface area contributed by atoms with Crippen LogP contribution in [0.1, 0.15) is 0 Å². The molecule has 1 aliphatic rings. The first kappa shape index (κ1) is 18.9. The fourth-order valence-corrected chi connectivity index (χ4v) is 17.5. The molecule has 0 N–H and O–H groups in total. The van der Waals surface area contributed by atoms with Gasteiger partial charge >= 0.3 is 197 Å². The van der Waals surface area contributed by atoms with E-state index >= 15 is 0 Å². The Bertz CT molecular complexity index is 1610. The van der Waals surface area contributed by atoms with Crippen LogP contribution in [-0.2, 0) is 0 Å². The van der Waals surface area contributed by atoms with Gasteiger partial charge in [-0.15, -0.1) is 0 Å². The van der Waals surface area contributed by atoms with Crippen LogP contribution in [0.25, 0.3) is 32.7 Å². The van der Waals surface area contributed by atoms with Crippen LogP contribution in [0.15, 0.2) is 133 Å². The number of rotatable bonds is 2. The minimum absolute atomic E-state index is 1.35. The van der Waals surface area contributed by atoms with Crippen molar-refractivity contribution < 1.29 is 0 Å². The molecule has 0 saturated heterocycles. The van der Waals surface area contributed by atoms with Crippen LogP contribution >= 0.6 is 0 Å². The molecule has 0 fully saturated rings. The van der Waals surface area contributed by atoms with Gasteiger partial charge in [-0.1, -0.05) is 0 Å². The molecule has 0 unspecified atom stereocenters. The van der Waals surface area contributed by atoms with E-state index in [0.29, 0.717) is 0 Å². The fourth-order valence-electron chi connectivity index (χ4n) is 6.12. The van der Waals surface area contributed by atoms with Gasteiger partial charge in [-0.3, -0.25) is 0 Å². The second-order valence-corrected chi connectivity index (χ2v) is 16.6. The predicted molar refractivity (Wildman–Crippen MR) is 144 cm³/mol. The zero-order valence-electron chi connectivity index (χ0n) is 18.2. The minimum atomic E-state index is -3.25. The van der Waals surface area contributed by atoms with Crippen LogP contribution in [0.5, 0.6) is 0 Å². The van der Waals surface area contributed by atoms with Crippen LogP contribution in [0.4, 0.5) is 0 Å². The monoisotopic (exact) mass is 480 g/mol. The number of fused-ring (bicyclic) bond motifs is 8. The molecule has 0 saturated carbocycles. The van der Waals surface area contributed by atoms with Gasteiger partial charge < -0.3 is 0 Å². The molecule has 7 rings (SSSR count).